The Morgan fingerprint density at radius 1 is 1.17 bits per heavy atom. The number of amides is 1. The summed E-state index contributed by atoms with van der Waals surface area (Å²) in [6, 6.07) is 12.7. The molecule has 0 atom stereocenters. The van der Waals surface area contributed by atoms with Crippen molar-refractivity contribution in [2.45, 2.75) is 26.4 Å². The Labute approximate surface area is 135 Å². The third-order valence-electron chi connectivity index (χ3n) is 3.47. The molecule has 0 fully saturated rings. The van der Waals surface area contributed by atoms with Crippen molar-refractivity contribution in [3.63, 3.8) is 0 Å². The van der Waals surface area contributed by atoms with Crippen molar-refractivity contribution in [3.05, 3.63) is 58.4 Å². The number of likely N-dealkylation sites (N-methyl/N-ethyl adjacent to an activating group) is 1. The molecule has 0 aliphatic rings. The zero-order valence-corrected chi connectivity index (χ0v) is 13.7. The molecular weight excluding hydrogens is 292 g/mol. The van der Waals surface area contributed by atoms with Crippen LogP contribution in [0.1, 0.15) is 31.1 Å². The van der Waals surface area contributed by atoms with Gasteiger partial charge in [0, 0.05) is 18.8 Å². The third-order valence-corrected chi connectivity index (χ3v) is 3.47. The lowest BCUT2D eigenvalue weighted by atomic mass is 10.1. The molecule has 5 heteroatoms. The molecule has 23 heavy (non-hydrogen) atoms. The molecule has 0 saturated carbocycles. The van der Waals surface area contributed by atoms with Gasteiger partial charge in [0.2, 0.25) is 0 Å². The Morgan fingerprint density at radius 2 is 1.83 bits per heavy atom. The Balaban J connectivity index is 2.30. The van der Waals surface area contributed by atoms with Crippen LogP contribution in [0.25, 0.3) is 11.3 Å². The normalized spacial score (nSPS) is 11.3. The summed E-state index contributed by atoms with van der Waals surface area (Å²) in [5, 5.41) is 9.90. The van der Waals surface area contributed by atoms with E-state index in [-0.39, 0.29) is 18.0 Å². The van der Waals surface area contributed by atoms with Gasteiger partial charge >= 0.3 is 0 Å². The third kappa shape index (κ3) is 4.29. The van der Waals surface area contributed by atoms with E-state index < -0.39 is 11.2 Å². The minimum Gasteiger partial charge on any atom is -0.389 e. The Kier molecular flexibility index (Phi) is 5.01. The van der Waals surface area contributed by atoms with Crippen molar-refractivity contribution in [3.8, 4) is 11.3 Å². The summed E-state index contributed by atoms with van der Waals surface area (Å²) in [4.78, 5) is 29.0. The second kappa shape index (κ2) is 6.79. The van der Waals surface area contributed by atoms with Crippen LogP contribution in [0.2, 0.25) is 0 Å². The number of H-pyrrole nitrogens is 1. The molecule has 0 radical (unpaired) electrons. The molecule has 0 unspecified atom stereocenters. The number of nitrogens with one attached hydrogen (secondary N) is 1. The Bertz CT molecular complexity index is 730. The van der Waals surface area contributed by atoms with Crippen LogP contribution in [-0.4, -0.2) is 39.6 Å². The smallest absolute Gasteiger partial charge is 0.261 e. The highest BCUT2D eigenvalue weighted by atomic mass is 16.3. The number of carbonyl (C=O) groups excluding carboxylic acids is 1. The van der Waals surface area contributed by atoms with E-state index in [9.17, 15) is 14.7 Å². The van der Waals surface area contributed by atoms with Crippen molar-refractivity contribution in [2.75, 3.05) is 13.1 Å². The van der Waals surface area contributed by atoms with Gasteiger partial charge in [-0.15, -0.1) is 0 Å². The van der Waals surface area contributed by atoms with Crippen LogP contribution in [-0.2, 0) is 0 Å². The summed E-state index contributed by atoms with van der Waals surface area (Å²) in [5.41, 5.74) is 0.189. The minimum atomic E-state index is -1.01. The number of aromatic nitrogens is 1. The second-order valence-corrected chi connectivity index (χ2v) is 6.11. The van der Waals surface area contributed by atoms with Crippen molar-refractivity contribution in [1.29, 1.82) is 0 Å². The van der Waals surface area contributed by atoms with Crippen molar-refractivity contribution in [2.24, 2.45) is 0 Å². The first-order chi connectivity index (χ1) is 10.8. The molecule has 2 N–H and O–H groups in total. The van der Waals surface area contributed by atoms with Gasteiger partial charge in [-0.05, 0) is 38.5 Å². The fourth-order valence-corrected chi connectivity index (χ4v) is 2.39. The van der Waals surface area contributed by atoms with E-state index in [0.29, 0.717) is 12.2 Å². The highest BCUT2D eigenvalue weighted by Gasteiger charge is 2.24. The van der Waals surface area contributed by atoms with E-state index in [0.717, 1.165) is 5.56 Å². The van der Waals surface area contributed by atoms with Gasteiger partial charge in [0.05, 0.1) is 5.60 Å². The average molecular weight is 314 g/mol. The summed E-state index contributed by atoms with van der Waals surface area (Å²) < 4.78 is 0. The van der Waals surface area contributed by atoms with E-state index >= 15 is 0 Å². The number of aliphatic hydroxyl groups is 1. The molecule has 1 heterocycles. The van der Waals surface area contributed by atoms with Crippen LogP contribution in [0, 0.1) is 0 Å². The van der Waals surface area contributed by atoms with Gasteiger partial charge in [0.25, 0.3) is 11.5 Å². The van der Waals surface area contributed by atoms with Crippen LogP contribution in [0.5, 0.6) is 0 Å². The number of rotatable bonds is 5. The fraction of sp³-hybridized carbons (Fsp3) is 0.333. The topological polar surface area (TPSA) is 73.4 Å². The first-order valence-electron chi connectivity index (χ1n) is 7.62. The summed E-state index contributed by atoms with van der Waals surface area (Å²) >= 11 is 0. The quantitative estimate of drug-likeness (QED) is 0.889. The largest absolute Gasteiger partial charge is 0.389 e. The number of aromatic amines is 1. The van der Waals surface area contributed by atoms with Gasteiger partial charge in [-0.2, -0.15) is 0 Å². The zero-order valence-electron chi connectivity index (χ0n) is 13.7. The molecule has 0 aliphatic heterocycles. The average Bonchev–Trinajstić information content (AvgIpc) is 2.52. The van der Waals surface area contributed by atoms with Crippen LogP contribution < -0.4 is 5.56 Å². The van der Waals surface area contributed by atoms with Crippen LogP contribution in [0.3, 0.4) is 0 Å². The summed E-state index contributed by atoms with van der Waals surface area (Å²) in [7, 11) is 0. The second-order valence-electron chi connectivity index (χ2n) is 6.11. The van der Waals surface area contributed by atoms with Crippen LogP contribution >= 0.6 is 0 Å². The summed E-state index contributed by atoms with van der Waals surface area (Å²) in [6.07, 6.45) is 0. The molecule has 5 nitrogen and oxygen atoms in total. The molecule has 2 rings (SSSR count). The minimum absolute atomic E-state index is 0.0794. The number of hydrogen-bond acceptors (Lipinski definition) is 3. The van der Waals surface area contributed by atoms with E-state index in [2.05, 4.69) is 4.98 Å². The van der Waals surface area contributed by atoms with Gasteiger partial charge in [-0.3, -0.25) is 9.59 Å². The monoisotopic (exact) mass is 314 g/mol. The van der Waals surface area contributed by atoms with Gasteiger partial charge in [0.15, 0.2) is 0 Å². The first-order valence-corrected chi connectivity index (χ1v) is 7.62. The van der Waals surface area contributed by atoms with Crippen molar-refractivity contribution < 1.29 is 9.90 Å². The molecule has 0 saturated heterocycles. The molecule has 1 aromatic heterocycles. The first kappa shape index (κ1) is 17.0. The Morgan fingerprint density at radius 3 is 2.35 bits per heavy atom. The molecular formula is C18H22N2O3. The maximum absolute atomic E-state index is 12.5. The van der Waals surface area contributed by atoms with Crippen molar-refractivity contribution >= 4 is 5.91 Å². The number of hydrogen-bond donors (Lipinski definition) is 2. The molecule has 2 aromatic rings. The highest BCUT2D eigenvalue weighted by Crippen LogP contribution is 2.15. The fourth-order valence-electron chi connectivity index (χ4n) is 2.39. The lowest BCUT2D eigenvalue weighted by Gasteiger charge is -2.27. The predicted molar refractivity (Wildman–Crippen MR) is 90.4 cm³/mol. The van der Waals surface area contributed by atoms with E-state index in [1.807, 2.05) is 37.3 Å². The van der Waals surface area contributed by atoms with E-state index in [4.69, 9.17) is 0 Å². The summed E-state index contributed by atoms with van der Waals surface area (Å²) in [6.45, 7) is 5.67. The maximum atomic E-state index is 12.5. The standard InChI is InChI=1S/C18H22N2O3/c1-4-20(12-18(2,3)23)17(22)14-10-11-15(19-16(14)21)13-8-6-5-7-9-13/h5-11,23H,4,12H2,1-3H3,(H,19,21). The SMILES string of the molecule is CCN(CC(C)(C)O)C(=O)c1ccc(-c2ccccc2)[nH]c1=O. The molecule has 0 aliphatic carbocycles. The lowest BCUT2D eigenvalue weighted by Crippen LogP contribution is -2.43. The lowest BCUT2D eigenvalue weighted by molar-refractivity contribution is 0.0313. The number of benzene rings is 1. The molecule has 1 amide bonds. The maximum Gasteiger partial charge on any atom is 0.261 e. The number of carbonyl (C=O) groups is 1. The molecule has 0 spiro atoms. The zero-order chi connectivity index (χ0) is 17.0. The van der Waals surface area contributed by atoms with Crippen LogP contribution in [0.15, 0.2) is 47.3 Å². The van der Waals surface area contributed by atoms with Gasteiger partial charge in [-0.1, -0.05) is 30.3 Å². The van der Waals surface area contributed by atoms with Crippen molar-refractivity contribution in [1.82, 2.24) is 9.88 Å². The van der Waals surface area contributed by atoms with Gasteiger partial charge < -0.3 is 15.0 Å². The highest BCUT2D eigenvalue weighted by molar-refractivity contribution is 5.94. The van der Waals surface area contributed by atoms with Gasteiger partial charge in [0.1, 0.15) is 5.56 Å². The molecule has 122 valence electrons. The summed E-state index contributed by atoms with van der Waals surface area (Å²) in [5.74, 6) is -0.379. The van der Waals surface area contributed by atoms with Gasteiger partial charge in [-0.25, -0.2) is 0 Å². The Hall–Kier alpha value is -2.40. The van der Waals surface area contributed by atoms with E-state index in [1.54, 1.807) is 19.9 Å². The predicted octanol–water partition coefficient (Wildman–Crippen LogP) is 2.27. The number of nitrogens with zero attached hydrogens (tertiary/aromatic N) is 1. The molecule has 1 aromatic carbocycles. The van der Waals surface area contributed by atoms with E-state index in [1.165, 1.54) is 11.0 Å². The molecule has 0 bridgehead atoms. The van der Waals surface area contributed by atoms with Crippen LogP contribution in [0.4, 0.5) is 0 Å². The number of pyridine rings is 1.